The molecule has 0 aliphatic heterocycles. The number of halogens is 1. The largest absolute Gasteiger partial charge is 0.466 e. The lowest BCUT2D eigenvalue weighted by Crippen LogP contribution is -2.07. The Morgan fingerprint density at radius 3 is 2.65 bits per heavy atom. The molecule has 3 heteroatoms. The summed E-state index contributed by atoms with van der Waals surface area (Å²) in [6, 6.07) is 8.21. The van der Waals surface area contributed by atoms with Crippen LogP contribution in [0.1, 0.15) is 42.7 Å². The molecule has 0 heterocycles. The molecule has 1 unspecified atom stereocenters. The van der Waals surface area contributed by atoms with Gasteiger partial charge in [-0.05, 0) is 37.3 Å². The Balaban J connectivity index is 1.99. The maximum atomic E-state index is 11.5. The van der Waals surface area contributed by atoms with Gasteiger partial charge in [0.05, 0.1) is 17.9 Å². The molecule has 1 aromatic rings. The monoisotopic (exact) mass is 252 g/mol. The van der Waals surface area contributed by atoms with Gasteiger partial charge in [0.25, 0.3) is 0 Å². The quantitative estimate of drug-likeness (QED) is 0.604. The fraction of sp³-hybridized carbons (Fsp3) is 0.500. The Kier molecular flexibility index (Phi) is 3.72. The molecule has 2 rings (SSSR count). The fourth-order valence-corrected chi connectivity index (χ4v) is 2.23. The number of esters is 1. The average molecular weight is 253 g/mol. The van der Waals surface area contributed by atoms with E-state index in [0.29, 0.717) is 12.5 Å². The van der Waals surface area contributed by atoms with Crippen LogP contribution in [0, 0.1) is 5.92 Å². The number of alkyl halides is 1. The van der Waals surface area contributed by atoms with E-state index in [-0.39, 0.29) is 17.3 Å². The van der Waals surface area contributed by atoms with Gasteiger partial charge in [-0.3, -0.25) is 4.79 Å². The minimum atomic E-state index is -0.0627. The van der Waals surface area contributed by atoms with E-state index in [0.717, 1.165) is 12.0 Å². The van der Waals surface area contributed by atoms with Gasteiger partial charge in [-0.15, -0.1) is 11.6 Å². The SMILES string of the molecule is CCOC(=O)[C@@H]1C[C@H]1c1ccc(C(C)Cl)cc1. The zero-order chi connectivity index (χ0) is 12.4. The van der Waals surface area contributed by atoms with E-state index in [9.17, 15) is 4.79 Å². The van der Waals surface area contributed by atoms with E-state index >= 15 is 0 Å². The lowest BCUT2D eigenvalue weighted by molar-refractivity contribution is -0.144. The second kappa shape index (κ2) is 5.09. The van der Waals surface area contributed by atoms with E-state index < -0.39 is 0 Å². The number of rotatable bonds is 4. The summed E-state index contributed by atoms with van der Waals surface area (Å²) in [6.45, 7) is 4.26. The first-order valence-electron chi connectivity index (χ1n) is 6.04. The van der Waals surface area contributed by atoms with Crippen molar-refractivity contribution in [3.05, 3.63) is 35.4 Å². The predicted molar refractivity (Wildman–Crippen MR) is 68.2 cm³/mol. The summed E-state index contributed by atoms with van der Waals surface area (Å²) in [5, 5.41) is 0.0316. The molecule has 1 aliphatic carbocycles. The number of ether oxygens (including phenoxy) is 1. The van der Waals surface area contributed by atoms with Gasteiger partial charge >= 0.3 is 5.97 Å². The van der Waals surface area contributed by atoms with Crippen molar-refractivity contribution in [2.75, 3.05) is 6.61 Å². The van der Waals surface area contributed by atoms with Crippen LogP contribution in [0.2, 0.25) is 0 Å². The lowest BCUT2D eigenvalue weighted by atomic mass is 10.1. The summed E-state index contributed by atoms with van der Waals surface area (Å²) in [6.07, 6.45) is 0.911. The van der Waals surface area contributed by atoms with Gasteiger partial charge in [-0.2, -0.15) is 0 Å². The van der Waals surface area contributed by atoms with Crippen molar-refractivity contribution in [2.45, 2.75) is 31.6 Å². The number of benzene rings is 1. The van der Waals surface area contributed by atoms with Gasteiger partial charge in [-0.1, -0.05) is 24.3 Å². The van der Waals surface area contributed by atoms with Crippen LogP contribution in [0.25, 0.3) is 0 Å². The summed E-state index contributed by atoms with van der Waals surface area (Å²) in [7, 11) is 0. The van der Waals surface area contributed by atoms with Crippen LogP contribution in [0.15, 0.2) is 24.3 Å². The zero-order valence-electron chi connectivity index (χ0n) is 10.2. The molecule has 1 aliphatic rings. The van der Waals surface area contributed by atoms with Gasteiger partial charge in [0, 0.05) is 0 Å². The number of carbonyl (C=O) groups excluding carboxylic acids is 1. The highest BCUT2D eigenvalue weighted by molar-refractivity contribution is 6.20. The number of hydrogen-bond acceptors (Lipinski definition) is 2. The minimum Gasteiger partial charge on any atom is -0.466 e. The molecule has 0 spiro atoms. The molecule has 0 aromatic heterocycles. The van der Waals surface area contributed by atoms with E-state index in [4.69, 9.17) is 16.3 Å². The summed E-state index contributed by atoms with van der Waals surface area (Å²) < 4.78 is 5.02. The molecule has 1 saturated carbocycles. The molecule has 1 fully saturated rings. The smallest absolute Gasteiger partial charge is 0.309 e. The molecule has 0 radical (unpaired) electrons. The van der Waals surface area contributed by atoms with Crippen molar-refractivity contribution in [1.82, 2.24) is 0 Å². The fourth-order valence-electron chi connectivity index (χ4n) is 2.08. The number of carbonyl (C=O) groups is 1. The minimum absolute atomic E-state index is 0.0316. The molecule has 92 valence electrons. The Morgan fingerprint density at radius 2 is 2.12 bits per heavy atom. The first-order chi connectivity index (χ1) is 8.13. The molecule has 0 bridgehead atoms. The molecule has 1 aromatic carbocycles. The van der Waals surface area contributed by atoms with Crippen LogP contribution >= 0.6 is 11.6 Å². The summed E-state index contributed by atoms with van der Waals surface area (Å²) >= 11 is 6.00. The molecular formula is C14H17ClO2. The highest BCUT2D eigenvalue weighted by Gasteiger charge is 2.44. The van der Waals surface area contributed by atoms with Crippen molar-refractivity contribution in [1.29, 1.82) is 0 Å². The average Bonchev–Trinajstić information content (AvgIpc) is 3.09. The standard InChI is InChI=1S/C14H17ClO2/c1-3-17-14(16)13-8-12(13)11-6-4-10(5-7-11)9(2)15/h4-7,9,12-13H,3,8H2,1-2H3/t9?,12-,13+/m0/s1. The molecule has 17 heavy (non-hydrogen) atoms. The zero-order valence-corrected chi connectivity index (χ0v) is 10.9. The Morgan fingerprint density at radius 1 is 1.47 bits per heavy atom. The third kappa shape index (κ3) is 2.81. The summed E-state index contributed by atoms with van der Waals surface area (Å²) in [4.78, 5) is 11.5. The van der Waals surface area contributed by atoms with Crippen LogP contribution in [0.3, 0.4) is 0 Å². The normalized spacial score (nSPS) is 24.2. The van der Waals surface area contributed by atoms with E-state index in [2.05, 4.69) is 12.1 Å². The van der Waals surface area contributed by atoms with Crippen LogP contribution in [0.5, 0.6) is 0 Å². The lowest BCUT2D eigenvalue weighted by Gasteiger charge is -2.05. The van der Waals surface area contributed by atoms with E-state index in [1.807, 2.05) is 26.0 Å². The van der Waals surface area contributed by atoms with E-state index in [1.54, 1.807) is 0 Å². The highest BCUT2D eigenvalue weighted by atomic mass is 35.5. The summed E-state index contributed by atoms with van der Waals surface area (Å²) in [5.41, 5.74) is 2.33. The topological polar surface area (TPSA) is 26.3 Å². The molecule has 0 amide bonds. The van der Waals surface area contributed by atoms with E-state index in [1.165, 1.54) is 5.56 Å². The second-order valence-corrected chi connectivity index (χ2v) is 5.14. The van der Waals surface area contributed by atoms with Gasteiger partial charge in [0.15, 0.2) is 0 Å². The van der Waals surface area contributed by atoms with Crippen LogP contribution < -0.4 is 0 Å². The van der Waals surface area contributed by atoms with Crippen LogP contribution in [-0.2, 0) is 9.53 Å². The van der Waals surface area contributed by atoms with Crippen molar-refractivity contribution in [3.63, 3.8) is 0 Å². The van der Waals surface area contributed by atoms with Gasteiger partial charge < -0.3 is 4.74 Å². The Bertz CT molecular complexity index is 397. The Hall–Kier alpha value is -1.02. The second-order valence-electron chi connectivity index (χ2n) is 4.48. The Labute approximate surface area is 107 Å². The van der Waals surface area contributed by atoms with Crippen molar-refractivity contribution in [2.24, 2.45) is 5.92 Å². The maximum Gasteiger partial charge on any atom is 0.309 e. The maximum absolute atomic E-state index is 11.5. The first-order valence-corrected chi connectivity index (χ1v) is 6.47. The van der Waals surface area contributed by atoms with Crippen LogP contribution in [-0.4, -0.2) is 12.6 Å². The molecule has 2 nitrogen and oxygen atoms in total. The van der Waals surface area contributed by atoms with Crippen LogP contribution in [0.4, 0.5) is 0 Å². The highest BCUT2D eigenvalue weighted by Crippen LogP contribution is 2.48. The first kappa shape index (κ1) is 12.4. The van der Waals surface area contributed by atoms with Gasteiger partial charge in [0.1, 0.15) is 0 Å². The van der Waals surface area contributed by atoms with Crippen molar-refractivity contribution in [3.8, 4) is 0 Å². The predicted octanol–water partition coefficient (Wildman–Crippen LogP) is 3.65. The van der Waals surface area contributed by atoms with Crippen molar-refractivity contribution < 1.29 is 9.53 Å². The molecular weight excluding hydrogens is 236 g/mol. The third-order valence-electron chi connectivity index (χ3n) is 3.20. The molecule has 0 N–H and O–H groups in total. The van der Waals surface area contributed by atoms with Gasteiger partial charge in [0.2, 0.25) is 0 Å². The third-order valence-corrected chi connectivity index (χ3v) is 3.46. The summed E-state index contributed by atoms with van der Waals surface area (Å²) in [5.74, 6) is 0.343. The molecule has 3 atom stereocenters. The number of hydrogen-bond donors (Lipinski definition) is 0. The van der Waals surface area contributed by atoms with Crippen molar-refractivity contribution >= 4 is 17.6 Å². The molecule has 0 saturated heterocycles. The van der Waals surface area contributed by atoms with Gasteiger partial charge in [-0.25, -0.2) is 0 Å².